The highest BCUT2D eigenvalue weighted by atomic mass is 16.5. The molecular weight excluding hydrogens is 290 g/mol. The molecular formula is C19H29NO3. The molecule has 4 heteroatoms. The molecule has 0 spiro atoms. The van der Waals surface area contributed by atoms with Crippen LogP contribution < -0.4 is 5.32 Å². The highest BCUT2D eigenvalue weighted by molar-refractivity contribution is 5.76. The monoisotopic (exact) mass is 319 g/mol. The van der Waals surface area contributed by atoms with Gasteiger partial charge in [0.2, 0.25) is 5.91 Å². The van der Waals surface area contributed by atoms with E-state index in [9.17, 15) is 4.79 Å². The maximum absolute atomic E-state index is 11.9. The van der Waals surface area contributed by atoms with Crippen molar-refractivity contribution >= 4 is 5.91 Å². The van der Waals surface area contributed by atoms with Crippen LogP contribution in [0.15, 0.2) is 30.3 Å². The van der Waals surface area contributed by atoms with Gasteiger partial charge in [-0.25, -0.2) is 0 Å². The Morgan fingerprint density at radius 2 is 2.04 bits per heavy atom. The Kier molecular flexibility index (Phi) is 8.12. The minimum absolute atomic E-state index is 0.116. The minimum Gasteiger partial charge on any atom is -0.381 e. The summed E-state index contributed by atoms with van der Waals surface area (Å²) in [5.41, 5.74) is 1.21. The number of hydrogen-bond donors (Lipinski definition) is 1. The zero-order valence-electron chi connectivity index (χ0n) is 14.1. The molecule has 1 fully saturated rings. The molecule has 1 atom stereocenters. The number of benzene rings is 1. The molecule has 0 unspecified atom stereocenters. The van der Waals surface area contributed by atoms with Gasteiger partial charge in [-0.1, -0.05) is 37.3 Å². The van der Waals surface area contributed by atoms with Crippen molar-refractivity contribution in [1.29, 1.82) is 0 Å². The van der Waals surface area contributed by atoms with Gasteiger partial charge in [-0.15, -0.1) is 0 Å². The molecule has 0 radical (unpaired) electrons. The lowest BCUT2D eigenvalue weighted by Gasteiger charge is -2.21. The SMILES string of the molecule is C[C@@H](CC(=O)NCCCOCC1CCOCC1)c1ccccc1. The van der Waals surface area contributed by atoms with E-state index >= 15 is 0 Å². The molecule has 0 aliphatic carbocycles. The molecule has 1 amide bonds. The van der Waals surface area contributed by atoms with Crippen LogP contribution in [0.1, 0.15) is 44.1 Å². The van der Waals surface area contributed by atoms with E-state index in [1.54, 1.807) is 0 Å². The number of hydrogen-bond acceptors (Lipinski definition) is 3. The summed E-state index contributed by atoms with van der Waals surface area (Å²) in [6.07, 6.45) is 3.61. The molecule has 1 aromatic rings. The molecule has 0 aromatic heterocycles. The Labute approximate surface area is 139 Å². The van der Waals surface area contributed by atoms with Gasteiger partial charge in [0, 0.05) is 39.4 Å². The Balaban J connectivity index is 1.49. The average molecular weight is 319 g/mol. The van der Waals surface area contributed by atoms with Crippen LogP contribution in [-0.4, -0.2) is 38.9 Å². The Morgan fingerprint density at radius 3 is 2.78 bits per heavy atom. The fourth-order valence-corrected chi connectivity index (χ4v) is 2.81. The van der Waals surface area contributed by atoms with E-state index in [0.29, 0.717) is 25.5 Å². The van der Waals surface area contributed by atoms with Crippen LogP contribution in [0.2, 0.25) is 0 Å². The van der Waals surface area contributed by atoms with Gasteiger partial charge >= 0.3 is 0 Å². The predicted octanol–water partition coefficient (Wildman–Crippen LogP) is 3.13. The van der Waals surface area contributed by atoms with Gasteiger partial charge in [0.15, 0.2) is 0 Å². The van der Waals surface area contributed by atoms with E-state index in [1.807, 2.05) is 18.2 Å². The fourth-order valence-electron chi connectivity index (χ4n) is 2.81. The summed E-state index contributed by atoms with van der Waals surface area (Å²) in [6.45, 7) is 6.04. The van der Waals surface area contributed by atoms with Crippen molar-refractivity contribution in [3.63, 3.8) is 0 Å². The van der Waals surface area contributed by atoms with Gasteiger partial charge in [-0.05, 0) is 36.7 Å². The lowest BCUT2D eigenvalue weighted by atomic mass is 9.98. The van der Waals surface area contributed by atoms with Crippen molar-refractivity contribution in [2.24, 2.45) is 5.92 Å². The Morgan fingerprint density at radius 1 is 1.30 bits per heavy atom. The van der Waals surface area contributed by atoms with Crippen LogP contribution >= 0.6 is 0 Å². The van der Waals surface area contributed by atoms with Crippen LogP contribution in [0.3, 0.4) is 0 Å². The number of nitrogens with one attached hydrogen (secondary N) is 1. The molecule has 1 aromatic carbocycles. The van der Waals surface area contributed by atoms with Crippen molar-refractivity contribution in [3.05, 3.63) is 35.9 Å². The molecule has 1 saturated heterocycles. The molecule has 1 heterocycles. The van der Waals surface area contributed by atoms with Crippen LogP contribution in [-0.2, 0) is 14.3 Å². The second kappa shape index (κ2) is 10.4. The number of carbonyl (C=O) groups excluding carboxylic acids is 1. The number of amides is 1. The van der Waals surface area contributed by atoms with Crippen molar-refractivity contribution in [1.82, 2.24) is 5.32 Å². The lowest BCUT2D eigenvalue weighted by molar-refractivity contribution is -0.121. The smallest absolute Gasteiger partial charge is 0.220 e. The number of carbonyl (C=O) groups is 1. The quantitative estimate of drug-likeness (QED) is 0.711. The Hall–Kier alpha value is -1.39. The molecule has 4 nitrogen and oxygen atoms in total. The van der Waals surface area contributed by atoms with Gasteiger partial charge in [0.1, 0.15) is 0 Å². The average Bonchev–Trinajstić information content (AvgIpc) is 2.59. The van der Waals surface area contributed by atoms with E-state index < -0.39 is 0 Å². The van der Waals surface area contributed by atoms with E-state index in [-0.39, 0.29) is 11.8 Å². The van der Waals surface area contributed by atoms with Crippen molar-refractivity contribution in [2.75, 3.05) is 33.0 Å². The van der Waals surface area contributed by atoms with Crippen molar-refractivity contribution in [2.45, 2.75) is 38.5 Å². The first-order valence-corrected chi connectivity index (χ1v) is 8.73. The van der Waals surface area contributed by atoms with Crippen molar-refractivity contribution in [3.8, 4) is 0 Å². The third kappa shape index (κ3) is 7.14. The lowest BCUT2D eigenvalue weighted by Crippen LogP contribution is -2.26. The number of ether oxygens (including phenoxy) is 2. The molecule has 1 N–H and O–H groups in total. The molecule has 1 aliphatic rings. The molecule has 0 bridgehead atoms. The molecule has 128 valence electrons. The van der Waals surface area contributed by atoms with Crippen molar-refractivity contribution < 1.29 is 14.3 Å². The zero-order chi connectivity index (χ0) is 16.3. The van der Waals surface area contributed by atoms with E-state index in [4.69, 9.17) is 9.47 Å². The molecule has 0 saturated carbocycles. The Bertz CT molecular complexity index is 443. The second-order valence-electron chi connectivity index (χ2n) is 6.35. The van der Waals surface area contributed by atoms with Crippen LogP contribution in [0.25, 0.3) is 0 Å². The third-order valence-corrected chi connectivity index (χ3v) is 4.34. The van der Waals surface area contributed by atoms with E-state index in [0.717, 1.165) is 39.1 Å². The third-order valence-electron chi connectivity index (χ3n) is 4.34. The second-order valence-corrected chi connectivity index (χ2v) is 6.35. The first-order chi connectivity index (χ1) is 11.3. The highest BCUT2D eigenvalue weighted by Gasteiger charge is 2.13. The normalized spacial score (nSPS) is 16.9. The van der Waals surface area contributed by atoms with Crippen LogP contribution in [0.5, 0.6) is 0 Å². The fraction of sp³-hybridized carbons (Fsp3) is 0.632. The number of rotatable bonds is 9. The van der Waals surface area contributed by atoms with Gasteiger partial charge in [-0.3, -0.25) is 4.79 Å². The molecule has 2 rings (SSSR count). The first-order valence-electron chi connectivity index (χ1n) is 8.73. The topological polar surface area (TPSA) is 47.6 Å². The van der Waals surface area contributed by atoms with E-state index in [2.05, 4.69) is 24.4 Å². The molecule has 1 aliphatic heterocycles. The maximum Gasteiger partial charge on any atom is 0.220 e. The summed E-state index contributed by atoms with van der Waals surface area (Å²) in [6, 6.07) is 10.2. The van der Waals surface area contributed by atoms with Crippen LogP contribution in [0, 0.1) is 5.92 Å². The molecule has 23 heavy (non-hydrogen) atoms. The summed E-state index contributed by atoms with van der Waals surface area (Å²) in [7, 11) is 0. The van der Waals surface area contributed by atoms with Gasteiger partial charge in [0.05, 0.1) is 0 Å². The maximum atomic E-state index is 11.9. The minimum atomic E-state index is 0.116. The van der Waals surface area contributed by atoms with Gasteiger partial charge in [-0.2, -0.15) is 0 Å². The van der Waals surface area contributed by atoms with E-state index in [1.165, 1.54) is 5.56 Å². The van der Waals surface area contributed by atoms with Gasteiger partial charge < -0.3 is 14.8 Å². The summed E-state index contributed by atoms with van der Waals surface area (Å²) < 4.78 is 11.0. The summed E-state index contributed by atoms with van der Waals surface area (Å²) in [5, 5.41) is 2.98. The predicted molar refractivity (Wildman–Crippen MR) is 91.5 cm³/mol. The van der Waals surface area contributed by atoms with Gasteiger partial charge in [0.25, 0.3) is 0 Å². The van der Waals surface area contributed by atoms with Crippen LogP contribution in [0.4, 0.5) is 0 Å². The largest absolute Gasteiger partial charge is 0.381 e. The summed E-state index contributed by atoms with van der Waals surface area (Å²) in [4.78, 5) is 11.9. The first kappa shape index (κ1) is 18.0. The summed E-state index contributed by atoms with van der Waals surface area (Å²) in [5.74, 6) is 1.01. The zero-order valence-corrected chi connectivity index (χ0v) is 14.1. The standard InChI is InChI=1S/C19H29NO3/c1-16(18-6-3-2-4-7-18)14-19(21)20-10-5-11-23-15-17-8-12-22-13-9-17/h2-4,6-7,16-17H,5,8-15H2,1H3,(H,20,21)/t16-/m0/s1. The highest BCUT2D eigenvalue weighted by Crippen LogP contribution is 2.18. The summed E-state index contributed by atoms with van der Waals surface area (Å²) >= 11 is 0.